The summed E-state index contributed by atoms with van der Waals surface area (Å²) in [6.07, 6.45) is 7.28. The van der Waals surface area contributed by atoms with Crippen LogP contribution in [0.15, 0.2) is 24.3 Å². The van der Waals surface area contributed by atoms with E-state index in [9.17, 15) is 4.79 Å². The lowest BCUT2D eigenvalue weighted by Crippen LogP contribution is -2.01. The van der Waals surface area contributed by atoms with Crippen LogP contribution in [0.1, 0.15) is 38.2 Å². The zero-order valence-corrected chi connectivity index (χ0v) is 12.4. The molecule has 0 aliphatic heterocycles. The molecule has 0 spiro atoms. The minimum Gasteiger partial charge on any atom is -0.493 e. The molecule has 1 aromatic rings. The van der Waals surface area contributed by atoms with Crippen molar-refractivity contribution in [3.05, 3.63) is 29.8 Å². The van der Waals surface area contributed by atoms with E-state index in [4.69, 9.17) is 14.6 Å². The Kier molecular flexibility index (Phi) is 5.67. The highest BCUT2D eigenvalue weighted by Gasteiger charge is 2.20. The maximum atomic E-state index is 10.7. The molecule has 1 aliphatic rings. The molecule has 0 heterocycles. The lowest BCUT2D eigenvalue weighted by molar-refractivity contribution is -0.131. The normalized spacial score (nSPS) is 14.3. The molecule has 4 nitrogen and oxygen atoms in total. The predicted octanol–water partition coefficient (Wildman–Crippen LogP) is 3.75. The van der Waals surface area contributed by atoms with Crippen LogP contribution in [0.25, 0.3) is 6.08 Å². The molecule has 1 N–H and O–H groups in total. The Morgan fingerprint density at radius 3 is 2.81 bits per heavy atom. The van der Waals surface area contributed by atoms with Crippen molar-refractivity contribution in [2.75, 3.05) is 13.2 Å². The SMILES string of the molecule is CCCOc1ccc(C=CC(=O)O)c(OCCC2CC2)c1. The number of rotatable bonds is 9. The van der Waals surface area contributed by atoms with Gasteiger partial charge >= 0.3 is 5.97 Å². The molecule has 0 bridgehead atoms. The maximum absolute atomic E-state index is 10.7. The molecular formula is C17H22O4. The zero-order chi connectivity index (χ0) is 15.1. The van der Waals surface area contributed by atoms with E-state index >= 15 is 0 Å². The molecule has 21 heavy (non-hydrogen) atoms. The first-order valence-corrected chi connectivity index (χ1v) is 7.49. The summed E-state index contributed by atoms with van der Waals surface area (Å²) >= 11 is 0. The monoisotopic (exact) mass is 290 g/mol. The Hall–Kier alpha value is -1.97. The highest BCUT2D eigenvalue weighted by Crippen LogP contribution is 2.33. The van der Waals surface area contributed by atoms with E-state index in [2.05, 4.69) is 6.92 Å². The van der Waals surface area contributed by atoms with Crippen molar-refractivity contribution in [1.29, 1.82) is 0 Å². The van der Waals surface area contributed by atoms with Crippen molar-refractivity contribution in [2.45, 2.75) is 32.6 Å². The summed E-state index contributed by atoms with van der Waals surface area (Å²) in [7, 11) is 0. The topological polar surface area (TPSA) is 55.8 Å². The first-order chi connectivity index (χ1) is 10.2. The minimum atomic E-state index is -0.967. The number of ether oxygens (including phenoxy) is 2. The van der Waals surface area contributed by atoms with Crippen molar-refractivity contribution in [2.24, 2.45) is 5.92 Å². The lowest BCUT2D eigenvalue weighted by atomic mass is 10.1. The molecule has 0 aromatic heterocycles. The van der Waals surface area contributed by atoms with Crippen LogP contribution in [0.2, 0.25) is 0 Å². The molecular weight excluding hydrogens is 268 g/mol. The van der Waals surface area contributed by atoms with E-state index in [1.807, 2.05) is 18.2 Å². The zero-order valence-electron chi connectivity index (χ0n) is 12.4. The van der Waals surface area contributed by atoms with Gasteiger partial charge in [-0.2, -0.15) is 0 Å². The highest BCUT2D eigenvalue weighted by molar-refractivity contribution is 5.86. The Balaban J connectivity index is 2.06. The van der Waals surface area contributed by atoms with Crippen LogP contribution < -0.4 is 9.47 Å². The number of aliphatic carboxylic acids is 1. The van der Waals surface area contributed by atoms with Crippen molar-refractivity contribution in [1.82, 2.24) is 0 Å². The second-order valence-electron chi connectivity index (χ2n) is 5.30. The molecule has 0 saturated heterocycles. The Bertz CT molecular complexity index is 504. The van der Waals surface area contributed by atoms with Gasteiger partial charge < -0.3 is 14.6 Å². The third-order valence-electron chi connectivity index (χ3n) is 3.34. The van der Waals surface area contributed by atoms with E-state index in [0.29, 0.717) is 19.0 Å². The fourth-order valence-corrected chi connectivity index (χ4v) is 1.99. The van der Waals surface area contributed by atoms with Gasteiger partial charge in [0.1, 0.15) is 11.5 Å². The number of hydrogen-bond donors (Lipinski definition) is 1. The predicted molar refractivity (Wildman–Crippen MR) is 81.7 cm³/mol. The van der Waals surface area contributed by atoms with Gasteiger partial charge in [0.2, 0.25) is 0 Å². The summed E-state index contributed by atoms with van der Waals surface area (Å²) in [5, 5.41) is 8.74. The van der Waals surface area contributed by atoms with E-state index in [0.717, 1.165) is 36.1 Å². The average molecular weight is 290 g/mol. The summed E-state index contributed by atoms with van der Waals surface area (Å²) in [6.45, 7) is 3.37. The molecule has 0 amide bonds. The van der Waals surface area contributed by atoms with Crippen LogP contribution in [-0.2, 0) is 4.79 Å². The molecule has 1 fully saturated rings. The Morgan fingerprint density at radius 2 is 2.14 bits per heavy atom. The Morgan fingerprint density at radius 1 is 1.33 bits per heavy atom. The largest absolute Gasteiger partial charge is 0.493 e. The van der Waals surface area contributed by atoms with Crippen LogP contribution in [0.5, 0.6) is 11.5 Å². The van der Waals surface area contributed by atoms with Gasteiger partial charge in [-0.3, -0.25) is 0 Å². The molecule has 2 rings (SSSR count). The highest BCUT2D eigenvalue weighted by atomic mass is 16.5. The summed E-state index contributed by atoms with van der Waals surface area (Å²) in [5.74, 6) is 1.28. The molecule has 0 unspecified atom stereocenters. The number of benzene rings is 1. The van der Waals surface area contributed by atoms with E-state index < -0.39 is 5.97 Å². The van der Waals surface area contributed by atoms with Gasteiger partial charge in [0.15, 0.2) is 0 Å². The van der Waals surface area contributed by atoms with Crippen LogP contribution >= 0.6 is 0 Å². The number of carboxylic acid groups (broad SMARTS) is 1. The Labute approximate surface area is 125 Å². The van der Waals surface area contributed by atoms with E-state index in [1.54, 1.807) is 6.08 Å². The van der Waals surface area contributed by atoms with Gasteiger partial charge in [0.05, 0.1) is 13.2 Å². The molecule has 0 radical (unpaired) electrons. The van der Waals surface area contributed by atoms with Gasteiger partial charge in [-0.25, -0.2) is 4.79 Å². The second-order valence-corrected chi connectivity index (χ2v) is 5.30. The van der Waals surface area contributed by atoms with Crippen LogP contribution in [0.3, 0.4) is 0 Å². The minimum absolute atomic E-state index is 0.659. The van der Waals surface area contributed by atoms with Crippen LogP contribution in [0.4, 0.5) is 0 Å². The van der Waals surface area contributed by atoms with Crippen molar-refractivity contribution in [3.63, 3.8) is 0 Å². The average Bonchev–Trinajstić information content (AvgIpc) is 3.28. The molecule has 0 atom stereocenters. The molecule has 1 aromatic carbocycles. The lowest BCUT2D eigenvalue weighted by Gasteiger charge is -2.12. The summed E-state index contributed by atoms with van der Waals surface area (Å²) in [4.78, 5) is 10.7. The van der Waals surface area contributed by atoms with Gasteiger partial charge in [0.25, 0.3) is 0 Å². The number of carbonyl (C=O) groups is 1. The summed E-state index contributed by atoms with van der Waals surface area (Å²) in [6, 6.07) is 5.51. The molecule has 114 valence electrons. The van der Waals surface area contributed by atoms with Crippen LogP contribution in [-0.4, -0.2) is 24.3 Å². The number of carboxylic acids is 1. The van der Waals surface area contributed by atoms with Gasteiger partial charge in [-0.05, 0) is 37.0 Å². The third kappa shape index (κ3) is 5.50. The van der Waals surface area contributed by atoms with E-state index in [-0.39, 0.29) is 0 Å². The molecule has 4 heteroatoms. The molecule has 1 saturated carbocycles. The number of hydrogen-bond acceptors (Lipinski definition) is 3. The first-order valence-electron chi connectivity index (χ1n) is 7.49. The van der Waals surface area contributed by atoms with E-state index in [1.165, 1.54) is 12.8 Å². The van der Waals surface area contributed by atoms with Gasteiger partial charge in [-0.15, -0.1) is 0 Å². The first kappa shape index (κ1) is 15.4. The van der Waals surface area contributed by atoms with Gasteiger partial charge in [0, 0.05) is 17.7 Å². The van der Waals surface area contributed by atoms with Crippen LogP contribution in [0, 0.1) is 5.92 Å². The van der Waals surface area contributed by atoms with Crippen molar-refractivity contribution >= 4 is 12.0 Å². The smallest absolute Gasteiger partial charge is 0.328 e. The van der Waals surface area contributed by atoms with Crippen molar-refractivity contribution in [3.8, 4) is 11.5 Å². The fraction of sp³-hybridized carbons (Fsp3) is 0.471. The summed E-state index contributed by atoms with van der Waals surface area (Å²) in [5.41, 5.74) is 0.761. The standard InChI is InChI=1S/C17H22O4/c1-2-10-20-15-7-5-14(6-8-17(18)19)16(12-15)21-11-9-13-3-4-13/h5-8,12-13H,2-4,9-11H2,1H3,(H,18,19). The second kappa shape index (κ2) is 7.72. The fourth-order valence-electron chi connectivity index (χ4n) is 1.99. The summed E-state index contributed by atoms with van der Waals surface area (Å²) < 4.78 is 11.4. The quantitative estimate of drug-likeness (QED) is 0.704. The van der Waals surface area contributed by atoms with Crippen molar-refractivity contribution < 1.29 is 19.4 Å². The van der Waals surface area contributed by atoms with Gasteiger partial charge in [-0.1, -0.05) is 19.8 Å². The third-order valence-corrected chi connectivity index (χ3v) is 3.34. The maximum Gasteiger partial charge on any atom is 0.328 e. The molecule has 1 aliphatic carbocycles.